The number of carbonyl (C=O) groups excluding carboxylic acids is 1. The van der Waals surface area contributed by atoms with Gasteiger partial charge in [0, 0.05) is 17.3 Å². The zero-order valence-electron chi connectivity index (χ0n) is 9.64. The summed E-state index contributed by atoms with van der Waals surface area (Å²) in [5, 5.41) is 11.2. The largest absolute Gasteiger partial charge is 0.462 e. The lowest BCUT2D eigenvalue weighted by molar-refractivity contribution is -0.554. The molecule has 1 saturated heterocycles. The zero-order chi connectivity index (χ0) is 11.9. The van der Waals surface area contributed by atoms with Crippen molar-refractivity contribution in [1.82, 2.24) is 0 Å². The second-order valence-electron chi connectivity index (χ2n) is 4.94. The molecule has 5 heteroatoms. The van der Waals surface area contributed by atoms with Crippen molar-refractivity contribution in [3.8, 4) is 0 Å². The Balaban J connectivity index is 2.28. The molecule has 0 spiro atoms. The van der Waals surface area contributed by atoms with Gasteiger partial charge in [0.1, 0.15) is 6.10 Å². The molecule has 5 nitrogen and oxygen atoms in total. The molecule has 0 aromatic carbocycles. The smallest absolute Gasteiger partial charge is 0.306 e. The standard InChI is InChI=1S/C11H17NO4/c1-3-4-9-7(2)16-10(13)5-8-6-11(8,9)12(14)15/h7-9H,3-6H2,1-2H3/t7-,8-,9-,11-/m1/s1. The first-order valence-electron chi connectivity index (χ1n) is 5.86. The summed E-state index contributed by atoms with van der Waals surface area (Å²) < 4.78 is 5.21. The Morgan fingerprint density at radius 1 is 1.62 bits per heavy atom. The van der Waals surface area contributed by atoms with E-state index in [2.05, 4.69) is 0 Å². The van der Waals surface area contributed by atoms with Gasteiger partial charge in [-0.25, -0.2) is 0 Å². The van der Waals surface area contributed by atoms with E-state index in [1.165, 1.54) is 0 Å². The van der Waals surface area contributed by atoms with E-state index in [1.807, 2.05) is 6.92 Å². The zero-order valence-corrected chi connectivity index (χ0v) is 9.64. The van der Waals surface area contributed by atoms with E-state index >= 15 is 0 Å². The summed E-state index contributed by atoms with van der Waals surface area (Å²) in [5.74, 6) is -0.500. The number of carbonyl (C=O) groups is 1. The predicted octanol–water partition coefficient (Wildman–Crippen LogP) is 1.77. The fourth-order valence-corrected chi connectivity index (χ4v) is 3.14. The number of fused-ring (bicyclic) bond motifs is 1. The van der Waals surface area contributed by atoms with E-state index in [0.29, 0.717) is 6.42 Å². The molecule has 1 saturated carbocycles. The van der Waals surface area contributed by atoms with E-state index in [4.69, 9.17) is 4.74 Å². The molecule has 0 bridgehead atoms. The Kier molecular flexibility index (Phi) is 2.64. The topological polar surface area (TPSA) is 69.4 Å². The Morgan fingerprint density at radius 3 is 2.88 bits per heavy atom. The van der Waals surface area contributed by atoms with E-state index < -0.39 is 5.54 Å². The Bertz CT molecular complexity index is 330. The van der Waals surface area contributed by atoms with Crippen molar-refractivity contribution < 1.29 is 14.5 Å². The van der Waals surface area contributed by atoms with Crippen molar-refractivity contribution in [1.29, 1.82) is 0 Å². The molecule has 1 aliphatic carbocycles. The second kappa shape index (κ2) is 3.71. The lowest BCUT2D eigenvalue weighted by Crippen LogP contribution is -2.39. The fourth-order valence-electron chi connectivity index (χ4n) is 3.14. The third-order valence-electron chi connectivity index (χ3n) is 4.00. The van der Waals surface area contributed by atoms with Crippen LogP contribution in [0, 0.1) is 22.0 Å². The summed E-state index contributed by atoms with van der Waals surface area (Å²) in [6.45, 7) is 3.79. The van der Waals surface area contributed by atoms with Crippen LogP contribution in [0.5, 0.6) is 0 Å². The normalized spacial score (nSPS) is 41.9. The molecule has 90 valence electrons. The minimum Gasteiger partial charge on any atom is -0.462 e. The van der Waals surface area contributed by atoms with Crippen LogP contribution in [0.25, 0.3) is 0 Å². The highest BCUT2D eigenvalue weighted by Crippen LogP contribution is 2.57. The highest BCUT2D eigenvalue weighted by molar-refractivity contribution is 5.71. The average molecular weight is 227 g/mol. The minimum absolute atomic E-state index is 0.100. The van der Waals surface area contributed by atoms with E-state index in [0.717, 1.165) is 12.8 Å². The van der Waals surface area contributed by atoms with Crippen molar-refractivity contribution in [2.75, 3.05) is 0 Å². The molecule has 4 atom stereocenters. The number of cyclic esters (lactones) is 1. The van der Waals surface area contributed by atoms with Gasteiger partial charge in [0.15, 0.2) is 0 Å². The van der Waals surface area contributed by atoms with E-state index in [1.54, 1.807) is 6.92 Å². The molecule has 0 N–H and O–H groups in total. The van der Waals surface area contributed by atoms with Crippen molar-refractivity contribution in [2.24, 2.45) is 11.8 Å². The highest BCUT2D eigenvalue weighted by atomic mass is 16.6. The molecule has 0 radical (unpaired) electrons. The van der Waals surface area contributed by atoms with Crippen LogP contribution >= 0.6 is 0 Å². The van der Waals surface area contributed by atoms with Crippen LogP contribution < -0.4 is 0 Å². The van der Waals surface area contributed by atoms with Crippen LogP contribution in [0.1, 0.15) is 39.5 Å². The summed E-state index contributed by atoms with van der Waals surface area (Å²) in [6.07, 6.45) is 2.07. The first kappa shape index (κ1) is 11.4. The van der Waals surface area contributed by atoms with Crippen molar-refractivity contribution in [2.45, 2.75) is 51.2 Å². The van der Waals surface area contributed by atoms with Gasteiger partial charge in [0.2, 0.25) is 5.54 Å². The highest BCUT2D eigenvalue weighted by Gasteiger charge is 2.72. The molecule has 0 unspecified atom stereocenters. The number of hydrogen-bond acceptors (Lipinski definition) is 4. The summed E-state index contributed by atoms with van der Waals surface area (Å²) >= 11 is 0. The fraction of sp³-hybridized carbons (Fsp3) is 0.909. The molecule has 2 fully saturated rings. The minimum atomic E-state index is -0.873. The maximum absolute atomic E-state index is 11.4. The third-order valence-corrected chi connectivity index (χ3v) is 4.00. The molecular weight excluding hydrogens is 210 g/mol. The summed E-state index contributed by atoms with van der Waals surface area (Å²) in [5.41, 5.74) is -0.873. The van der Waals surface area contributed by atoms with E-state index in [9.17, 15) is 14.9 Å². The van der Waals surface area contributed by atoms with Gasteiger partial charge in [-0.1, -0.05) is 13.3 Å². The molecule has 0 amide bonds. The van der Waals surface area contributed by atoms with Gasteiger partial charge < -0.3 is 4.74 Å². The van der Waals surface area contributed by atoms with Crippen LogP contribution in [-0.4, -0.2) is 22.5 Å². The summed E-state index contributed by atoms with van der Waals surface area (Å²) in [4.78, 5) is 22.5. The van der Waals surface area contributed by atoms with Gasteiger partial charge in [0.05, 0.1) is 12.3 Å². The molecule has 2 rings (SSSR count). The lowest BCUT2D eigenvalue weighted by Gasteiger charge is -2.24. The molecule has 2 aliphatic rings. The molecule has 0 aromatic heterocycles. The van der Waals surface area contributed by atoms with Gasteiger partial charge in [-0.3, -0.25) is 14.9 Å². The van der Waals surface area contributed by atoms with Crippen LogP contribution in [0.3, 0.4) is 0 Å². The Hall–Kier alpha value is -1.13. The van der Waals surface area contributed by atoms with Gasteiger partial charge in [0.25, 0.3) is 0 Å². The summed E-state index contributed by atoms with van der Waals surface area (Å²) in [7, 11) is 0. The number of rotatable bonds is 3. The first-order chi connectivity index (χ1) is 7.52. The van der Waals surface area contributed by atoms with Gasteiger partial charge in [-0.15, -0.1) is 0 Å². The molecule has 1 aliphatic heterocycles. The van der Waals surface area contributed by atoms with Crippen LogP contribution in [0.2, 0.25) is 0 Å². The molecule has 16 heavy (non-hydrogen) atoms. The Morgan fingerprint density at radius 2 is 2.31 bits per heavy atom. The van der Waals surface area contributed by atoms with Crippen molar-refractivity contribution in [3.05, 3.63) is 10.1 Å². The number of hydrogen-bond donors (Lipinski definition) is 0. The quantitative estimate of drug-likeness (QED) is 0.418. The molecule has 1 heterocycles. The SMILES string of the molecule is CCC[C@@H]1[C@@H](C)OC(=O)C[C@@H]2C[C@@]21[N+](=O)[O-]. The Labute approximate surface area is 94.3 Å². The molecule has 0 aromatic rings. The summed E-state index contributed by atoms with van der Waals surface area (Å²) in [6, 6.07) is 0. The van der Waals surface area contributed by atoms with Crippen LogP contribution in [0.15, 0.2) is 0 Å². The second-order valence-corrected chi connectivity index (χ2v) is 4.94. The average Bonchev–Trinajstić information content (AvgIpc) is 2.88. The number of nitro groups is 1. The van der Waals surface area contributed by atoms with Gasteiger partial charge in [-0.2, -0.15) is 0 Å². The number of esters is 1. The van der Waals surface area contributed by atoms with Crippen LogP contribution in [0.4, 0.5) is 0 Å². The monoisotopic (exact) mass is 227 g/mol. The van der Waals surface area contributed by atoms with Crippen LogP contribution in [-0.2, 0) is 9.53 Å². The van der Waals surface area contributed by atoms with Crippen molar-refractivity contribution >= 4 is 5.97 Å². The van der Waals surface area contributed by atoms with Crippen molar-refractivity contribution in [3.63, 3.8) is 0 Å². The molecular formula is C11H17NO4. The van der Waals surface area contributed by atoms with Gasteiger partial charge in [-0.05, 0) is 13.3 Å². The maximum Gasteiger partial charge on any atom is 0.306 e. The number of nitrogens with zero attached hydrogens (tertiary/aromatic N) is 1. The van der Waals surface area contributed by atoms with E-state index in [-0.39, 0.29) is 35.3 Å². The number of ether oxygens (including phenoxy) is 1. The third kappa shape index (κ3) is 1.49. The lowest BCUT2D eigenvalue weighted by atomic mass is 9.87. The van der Waals surface area contributed by atoms with Gasteiger partial charge >= 0.3 is 5.97 Å². The predicted molar refractivity (Wildman–Crippen MR) is 56.4 cm³/mol. The maximum atomic E-state index is 11.4. The first-order valence-corrected chi connectivity index (χ1v) is 5.86.